The van der Waals surface area contributed by atoms with Crippen LogP contribution in [0.25, 0.3) is 0 Å². The van der Waals surface area contributed by atoms with Crippen LogP contribution in [0.15, 0.2) is 18.2 Å². The first-order valence-corrected chi connectivity index (χ1v) is 8.08. The largest absolute Gasteiger partial charge is 0.479 e. The number of carboxylic acids is 1. The van der Waals surface area contributed by atoms with Gasteiger partial charge in [-0.25, -0.2) is 4.79 Å². The fraction of sp³-hybridized carbons (Fsp3) is 0.471. The maximum absolute atomic E-state index is 12.3. The lowest BCUT2D eigenvalue weighted by molar-refractivity contribution is -0.165. The Balaban J connectivity index is 2.32. The van der Waals surface area contributed by atoms with Crippen molar-refractivity contribution in [2.75, 3.05) is 30.4 Å². The fourth-order valence-corrected chi connectivity index (χ4v) is 2.74. The molecule has 0 spiro atoms. The van der Waals surface area contributed by atoms with Crippen LogP contribution in [0.1, 0.15) is 36.5 Å². The number of nitrogens with two attached hydrogens (primary N) is 1. The van der Waals surface area contributed by atoms with Gasteiger partial charge in [0.15, 0.2) is 0 Å². The van der Waals surface area contributed by atoms with Crippen LogP contribution in [0.3, 0.4) is 0 Å². The molecule has 4 N–H and O–H groups in total. The van der Waals surface area contributed by atoms with E-state index in [1.807, 2.05) is 4.90 Å². The molecule has 1 fully saturated rings. The molecule has 1 aliphatic heterocycles. The van der Waals surface area contributed by atoms with Crippen LogP contribution in [0.5, 0.6) is 0 Å². The summed E-state index contributed by atoms with van der Waals surface area (Å²) < 4.78 is 4.85. The van der Waals surface area contributed by atoms with Crippen molar-refractivity contribution in [1.82, 2.24) is 0 Å². The van der Waals surface area contributed by atoms with Gasteiger partial charge < -0.3 is 25.8 Å². The Hall–Kier alpha value is -2.61. The summed E-state index contributed by atoms with van der Waals surface area (Å²) in [6.45, 7) is 2.76. The first-order chi connectivity index (χ1) is 11.8. The van der Waals surface area contributed by atoms with Crippen LogP contribution in [0.4, 0.5) is 11.4 Å². The van der Waals surface area contributed by atoms with Crippen LogP contribution in [-0.4, -0.2) is 48.7 Å². The molecule has 0 aromatic heterocycles. The predicted molar refractivity (Wildman–Crippen MR) is 92.7 cm³/mol. The smallest absolute Gasteiger partial charge is 0.345 e. The van der Waals surface area contributed by atoms with Crippen molar-refractivity contribution in [3.63, 3.8) is 0 Å². The van der Waals surface area contributed by atoms with Crippen molar-refractivity contribution < 1.29 is 24.2 Å². The zero-order chi connectivity index (χ0) is 18.6. The van der Waals surface area contributed by atoms with Gasteiger partial charge in [-0.3, -0.25) is 9.59 Å². The maximum atomic E-state index is 12.3. The molecule has 1 atom stereocenters. The standard InChI is InChI=1S/C17H23N3O5/c1-17(25-2,16(23)24)15(22)19-11-6-7-12(14(18)21)13(10-11)20-8-4-3-5-9-20/h6-7,10H,3-5,8-9H2,1-2H3,(H2,18,21)(H,19,22)(H,23,24). The van der Waals surface area contributed by atoms with Gasteiger partial charge in [0.1, 0.15) is 0 Å². The summed E-state index contributed by atoms with van der Waals surface area (Å²) in [4.78, 5) is 37.3. The molecule has 1 aliphatic rings. The first-order valence-electron chi connectivity index (χ1n) is 8.08. The number of primary amides is 1. The highest BCUT2D eigenvalue weighted by Crippen LogP contribution is 2.28. The van der Waals surface area contributed by atoms with E-state index in [4.69, 9.17) is 10.5 Å². The summed E-state index contributed by atoms with van der Waals surface area (Å²) in [5, 5.41) is 11.7. The van der Waals surface area contributed by atoms with Gasteiger partial charge in [-0.1, -0.05) is 0 Å². The number of ether oxygens (including phenoxy) is 1. The lowest BCUT2D eigenvalue weighted by Gasteiger charge is -2.30. The van der Waals surface area contributed by atoms with E-state index in [0.717, 1.165) is 39.5 Å². The molecule has 25 heavy (non-hydrogen) atoms. The Morgan fingerprint density at radius 2 is 1.88 bits per heavy atom. The lowest BCUT2D eigenvalue weighted by Crippen LogP contribution is -2.48. The van der Waals surface area contributed by atoms with Crippen LogP contribution in [-0.2, 0) is 14.3 Å². The second-order valence-corrected chi connectivity index (χ2v) is 6.14. The van der Waals surface area contributed by atoms with Crippen molar-refractivity contribution in [2.45, 2.75) is 31.8 Å². The highest BCUT2D eigenvalue weighted by Gasteiger charge is 2.41. The van der Waals surface area contributed by atoms with E-state index in [1.165, 1.54) is 19.1 Å². The second-order valence-electron chi connectivity index (χ2n) is 6.14. The summed E-state index contributed by atoms with van der Waals surface area (Å²) in [6.07, 6.45) is 3.15. The molecule has 8 heteroatoms. The number of nitrogens with zero attached hydrogens (tertiary/aromatic N) is 1. The van der Waals surface area contributed by atoms with Gasteiger partial charge in [-0.05, 0) is 44.4 Å². The number of aliphatic carboxylic acids is 1. The molecular weight excluding hydrogens is 326 g/mol. The third-order valence-electron chi connectivity index (χ3n) is 4.47. The number of carbonyl (C=O) groups is 3. The van der Waals surface area contributed by atoms with E-state index in [-0.39, 0.29) is 0 Å². The number of anilines is 2. The minimum Gasteiger partial charge on any atom is -0.479 e. The number of hydrogen-bond acceptors (Lipinski definition) is 5. The van der Waals surface area contributed by atoms with Gasteiger partial charge in [0.05, 0.1) is 11.3 Å². The third-order valence-corrected chi connectivity index (χ3v) is 4.47. The molecule has 136 valence electrons. The Kier molecular flexibility index (Phi) is 5.63. The van der Waals surface area contributed by atoms with Crippen molar-refractivity contribution in [3.05, 3.63) is 23.8 Å². The van der Waals surface area contributed by atoms with Gasteiger partial charge in [-0.15, -0.1) is 0 Å². The summed E-state index contributed by atoms with van der Waals surface area (Å²) >= 11 is 0. The molecule has 0 radical (unpaired) electrons. The first kappa shape index (κ1) is 18.7. The van der Waals surface area contributed by atoms with E-state index in [0.29, 0.717) is 16.9 Å². The zero-order valence-electron chi connectivity index (χ0n) is 14.4. The molecular formula is C17H23N3O5. The molecule has 1 aromatic carbocycles. The topological polar surface area (TPSA) is 122 Å². The Bertz CT molecular complexity index is 685. The zero-order valence-corrected chi connectivity index (χ0v) is 14.4. The fourth-order valence-electron chi connectivity index (χ4n) is 2.74. The number of amides is 2. The summed E-state index contributed by atoms with van der Waals surface area (Å²) in [5.41, 5.74) is 4.83. The van der Waals surface area contributed by atoms with E-state index < -0.39 is 23.4 Å². The van der Waals surface area contributed by atoms with Crippen LogP contribution < -0.4 is 16.0 Å². The SMILES string of the molecule is COC(C)(C(=O)O)C(=O)Nc1ccc(C(N)=O)c(N2CCCCC2)c1. The average Bonchev–Trinajstić information content (AvgIpc) is 2.61. The van der Waals surface area contributed by atoms with E-state index >= 15 is 0 Å². The van der Waals surface area contributed by atoms with Crippen LogP contribution >= 0.6 is 0 Å². The summed E-state index contributed by atoms with van der Waals surface area (Å²) in [6, 6.07) is 4.69. The van der Waals surface area contributed by atoms with Gasteiger partial charge in [0.2, 0.25) is 5.60 Å². The van der Waals surface area contributed by atoms with E-state index in [9.17, 15) is 19.5 Å². The van der Waals surface area contributed by atoms with E-state index in [1.54, 1.807) is 6.07 Å². The number of methoxy groups -OCH3 is 1. The predicted octanol–water partition coefficient (Wildman–Crippen LogP) is 1.20. The number of carboxylic acid groups (broad SMARTS) is 1. The molecule has 1 saturated heterocycles. The summed E-state index contributed by atoms with van der Waals surface area (Å²) in [7, 11) is 1.16. The van der Waals surface area contributed by atoms with E-state index in [2.05, 4.69) is 5.32 Å². The number of benzene rings is 1. The lowest BCUT2D eigenvalue weighted by atomic mass is 10.0. The molecule has 0 bridgehead atoms. The van der Waals surface area contributed by atoms with Gasteiger partial charge >= 0.3 is 5.97 Å². The summed E-state index contributed by atoms with van der Waals surface area (Å²) in [5.74, 6) is -2.75. The number of rotatable bonds is 6. The monoisotopic (exact) mass is 349 g/mol. The Morgan fingerprint density at radius 1 is 1.24 bits per heavy atom. The highest BCUT2D eigenvalue weighted by molar-refractivity contribution is 6.11. The average molecular weight is 349 g/mol. The number of nitrogens with one attached hydrogen (secondary N) is 1. The third kappa shape index (κ3) is 3.90. The Labute approximate surface area is 145 Å². The second kappa shape index (κ2) is 7.52. The van der Waals surface area contributed by atoms with Crippen LogP contribution in [0.2, 0.25) is 0 Å². The van der Waals surface area contributed by atoms with Crippen LogP contribution in [0, 0.1) is 0 Å². The quantitative estimate of drug-likeness (QED) is 0.664. The van der Waals surface area contributed by atoms with Gasteiger partial charge in [0.25, 0.3) is 11.8 Å². The number of piperidine rings is 1. The molecule has 0 aliphatic carbocycles. The minimum absolute atomic E-state index is 0.368. The molecule has 2 rings (SSSR count). The molecule has 1 aromatic rings. The van der Waals surface area contributed by atoms with Crippen molar-refractivity contribution in [1.29, 1.82) is 0 Å². The highest BCUT2D eigenvalue weighted by atomic mass is 16.5. The van der Waals surface area contributed by atoms with Crippen molar-refractivity contribution in [3.8, 4) is 0 Å². The number of carbonyl (C=O) groups excluding carboxylic acids is 2. The number of hydrogen-bond donors (Lipinski definition) is 3. The minimum atomic E-state index is -2.01. The molecule has 1 unspecified atom stereocenters. The normalized spacial score (nSPS) is 16.8. The molecule has 1 heterocycles. The van der Waals surface area contributed by atoms with Gasteiger partial charge in [-0.2, -0.15) is 0 Å². The van der Waals surface area contributed by atoms with Gasteiger partial charge in [0, 0.05) is 25.9 Å². The van der Waals surface area contributed by atoms with Crippen molar-refractivity contribution in [2.24, 2.45) is 5.73 Å². The molecule has 2 amide bonds. The van der Waals surface area contributed by atoms with Crippen molar-refractivity contribution >= 4 is 29.2 Å². The maximum Gasteiger partial charge on any atom is 0.345 e. The molecule has 0 saturated carbocycles. The Morgan fingerprint density at radius 3 is 2.40 bits per heavy atom. The molecule has 8 nitrogen and oxygen atoms in total.